The van der Waals surface area contributed by atoms with E-state index in [-0.39, 0.29) is 17.7 Å². The van der Waals surface area contributed by atoms with Crippen molar-refractivity contribution in [3.05, 3.63) is 33.4 Å². The lowest BCUT2D eigenvalue weighted by Crippen LogP contribution is -2.57. The third kappa shape index (κ3) is 4.81. The number of nitrogen functional groups attached to an aromatic ring is 1. The minimum atomic E-state index is -0.853. The number of likely N-dealkylation sites (tertiary alicyclic amines) is 1. The van der Waals surface area contributed by atoms with Gasteiger partial charge in [-0.15, -0.1) is 11.3 Å². The number of alkyl halides is 1. The number of piperazine rings is 1. The SMILES string of the molecule is C[C@H](Oc1cc(N2C[C@H](C)NC3(CC3)C2)nc(-c2noc3c2CCC[C@@]32CCCc3sc(N)c(C#N)c32)n1)[C@@H]1C[C@@H](F)CN1C. The second-order valence-electron chi connectivity index (χ2n) is 14.1. The summed E-state index contributed by atoms with van der Waals surface area (Å²) >= 11 is 1.54. The molecule has 10 nitrogen and oxygen atoms in total. The summed E-state index contributed by atoms with van der Waals surface area (Å²) in [6.45, 7) is 6.32. The molecule has 5 heterocycles. The van der Waals surface area contributed by atoms with Crippen LogP contribution in [0.5, 0.6) is 5.88 Å². The van der Waals surface area contributed by atoms with E-state index in [1.807, 2.05) is 24.9 Å². The van der Waals surface area contributed by atoms with Gasteiger partial charge in [-0.25, -0.2) is 9.37 Å². The standard InChI is InChI=1S/C33H41FN8O2S/c1-18-15-42(17-32(39-18)10-11-32)25-13-26(43-19(2)23-12-20(34)16-41(23)3)38-31(37-25)28-21-6-4-8-33(29(21)44-40-28)9-5-7-24-27(33)22(14-35)30(36)45-24/h13,18-20,23,39H,4-12,15-17,36H2,1-3H3/t18-,19-,20+,23-,33-/m0/s1. The second kappa shape index (κ2) is 10.6. The van der Waals surface area contributed by atoms with Crippen LogP contribution in [0, 0.1) is 11.3 Å². The van der Waals surface area contributed by atoms with Crippen LogP contribution in [0.2, 0.25) is 0 Å². The molecule has 0 amide bonds. The molecule has 45 heavy (non-hydrogen) atoms. The summed E-state index contributed by atoms with van der Waals surface area (Å²) in [7, 11) is 1.95. The van der Waals surface area contributed by atoms with Gasteiger partial charge < -0.3 is 25.2 Å². The minimum absolute atomic E-state index is 0.0386. The van der Waals surface area contributed by atoms with E-state index in [1.54, 1.807) is 11.3 Å². The number of halogens is 1. The summed E-state index contributed by atoms with van der Waals surface area (Å²) in [5.41, 5.74) is 9.38. The number of nitrogens with zero attached hydrogens (tertiary/aromatic N) is 6. The van der Waals surface area contributed by atoms with Crippen LogP contribution in [0.4, 0.5) is 15.2 Å². The molecule has 8 rings (SSSR count). The van der Waals surface area contributed by atoms with Crippen LogP contribution in [0.1, 0.15) is 86.1 Å². The maximum absolute atomic E-state index is 14.3. The van der Waals surface area contributed by atoms with Crippen LogP contribution >= 0.6 is 11.3 Å². The summed E-state index contributed by atoms with van der Waals surface area (Å²) < 4.78 is 27.1. The summed E-state index contributed by atoms with van der Waals surface area (Å²) in [5.74, 6) is 2.59. The topological polar surface area (TPSA) is 129 Å². The number of aromatic nitrogens is 3. The van der Waals surface area contributed by atoms with E-state index >= 15 is 0 Å². The Morgan fingerprint density at radius 2 is 2.02 bits per heavy atom. The van der Waals surface area contributed by atoms with Crippen LogP contribution in [0.15, 0.2) is 10.6 Å². The lowest BCUT2D eigenvalue weighted by Gasteiger charge is -2.39. The van der Waals surface area contributed by atoms with Gasteiger partial charge in [0.2, 0.25) is 5.88 Å². The minimum Gasteiger partial charge on any atom is -0.473 e. The van der Waals surface area contributed by atoms with Gasteiger partial charge in [0, 0.05) is 53.8 Å². The summed E-state index contributed by atoms with van der Waals surface area (Å²) in [4.78, 5) is 15.6. The van der Waals surface area contributed by atoms with Crippen LogP contribution < -0.4 is 20.7 Å². The van der Waals surface area contributed by atoms with Crippen molar-refractivity contribution in [2.45, 2.75) is 107 Å². The molecular weight excluding hydrogens is 591 g/mol. The molecule has 0 unspecified atom stereocenters. The van der Waals surface area contributed by atoms with Gasteiger partial charge in [0.05, 0.1) is 11.0 Å². The lowest BCUT2D eigenvalue weighted by molar-refractivity contribution is 0.117. The normalized spacial score (nSPS) is 29.4. The third-order valence-electron chi connectivity index (χ3n) is 10.9. The highest BCUT2D eigenvalue weighted by molar-refractivity contribution is 7.16. The van der Waals surface area contributed by atoms with E-state index < -0.39 is 11.6 Å². The third-order valence-corrected chi connectivity index (χ3v) is 12.0. The molecule has 2 aliphatic heterocycles. The van der Waals surface area contributed by atoms with Crippen molar-refractivity contribution in [2.24, 2.45) is 0 Å². The zero-order valence-corrected chi connectivity index (χ0v) is 27.1. The fourth-order valence-corrected chi connectivity index (χ4v) is 9.90. The van der Waals surface area contributed by atoms with E-state index in [2.05, 4.69) is 28.4 Å². The number of ether oxygens (including phenoxy) is 1. The number of hydrogen-bond donors (Lipinski definition) is 2. The first kappa shape index (κ1) is 29.2. The maximum atomic E-state index is 14.3. The lowest BCUT2D eigenvalue weighted by atomic mass is 9.63. The van der Waals surface area contributed by atoms with Crippen LogP contribution in [0.25, 0.3) is 11.5 Å². The Bertz CT molecular complexity index is 1680. The fraction of sp³-hybridized carbons (Fsp3) is 0.636. The molecule has 3 N–H and O–H groups in total. The quantitative estimate of drug-likeness (QED) is 0.407. The molecule has 0 aromatic carbocycles. The average Bonchev–Trinajstić information content (AvgIpc) is 3.30. The monoisotopic (exact) mass is 632 g/mol. The highest BCUT2D eigenvalue weighted by Crippen LogP contribution is 2.55. The highest BCUT2D eigenvalue weighted by Gasteiger charge is 2.50. The molecule has 12 heteroatoms. The Morgan fingerprint density at radius 1 is 1.22 bits per heavy atom. The van der Waals surface area contributed by atoms with Crippen molar-refractivity contribution in [3.63, 3.8) is 0 Å². The number of anilines is 2. The van der Waals surface area contributed by atoms with Crippen molar-refractivity contribution >= 4 is 22.2 Å². The Kier molecular flexibility index (Phi) is 6.89. The Balaban J connectivity index is 1.21. The Hall–Kier alpha value is -3.27. The number of fused-ring (bicyclic) bond motifs is 4. The number of rotatable bonds is 5. The van der Waals surface area contributed by atoms with E-state index in [0.717, 1.165) is 87.2 Å². The Labute approximate surface area is 267 Å². The zero-order valence-electron chi connectivity index (χ0n) is 26.2. The number of aryl methyl sites for hydroxylation is 1. The molecule has 0 radical (unpaired) electrons. The van der Waals surface area contributed by atoms with Crippen molar-refractivity contribution in [3.8, 4) is 23.5 Å². The Morgan fingerprint density at radius 3 is 2.76 bits per heavy atom. The van der Waals surface area contributed by atoms with Gasteiger partial charge in [0.25, 0.3) is 0 Å². The maximum Gasteiger partial charge on any atom is 0.219 e. The molecule has 238 valence electrons. The average molecular weight is 633 g/mol. The molecule has 5 atom stereocenters. The largest absolute Gasteiger partial charge is 0.473 e. The van der Waals surface area contributed by atoms with Crippen LogP contribution in [-0.4, -0.2) is 76.6 Å². The molecule has 3 aromatic heterocycles. The second-order valence-corrected chi connectivity index (χ2v) is 15.3. The van der Waals surface area contributed by atoms with E-state index in [9.17, 15) is 9.65 Å². The van der Waals surface area contributed by atoms with Crippen molar-refractivity contribution in [2.75, 3.05) is 37.3 Å². The van der Waals surface area contributed by atoms with Crippen molar-refractivity contribution in [1.82, 2.24) is 25.3 Å². The predicted molar refractivity (Wildman–Crippen MR) is 170 cm³/mol. The highest BCUT2D eigenvalue weighted by atomic mass is 32.1. The molecule has 2 saturated heterocycles. The molecule has 3 aliphatic carbocycles. The van der Waals surface area contributed by atoms with E-state index in [4.69, 9.17) is 25.0 Å². The molecule has 1 saturated carbocycles. The first-order valence-corrected chi connectivity index (χ1v) is 17.2. The first-order valence-electron chi connectivity index (χ1n) is 16.4. The van der Waals surface area contributed by atoms with Crippen molar-refractivity contribution < 1.29 is 13.7 Å². The van der Waals surface area contributed by atoms with Gasteiger partial charge in [-0.1, -0.05) is 5.16 Å². The predicted octanol–water partition coefficient (Wildman–Crippen LogP) is 4.75. The van der Waals surface area contributed by atoms with Crippen LogP contribution in [-0.2, 0) is 18.3 Å². The number of hydrogen-bond acceptors (Lipinski definition) is 11. The van der Waals surface area contributed by atoms with Gasteiger partial charge >= 0.3 is 0 Å². The molecule has 3 fully saturated rings. The van der Waals surface area contributed by atoms with Gasteiger partial charge in [-0.3, -0.25) is 4.90 Å². The number of nitrogens with two attached hydrogens (primary N) is 1. The first-order chi connectivity index (χ1) is 21.7. The van der Waals surface area contributed by atoms with Gasteiger partial charge in [-0.05, 0) is 84.2 Å². The number of nitriles is 1. The molecule has 2 spiro atoms. The van der Waals surface area contributed by atoms with E-state index in [1.165, 1.54) is 4.88 Å². The molecular formula is C33H41FN8O2S. The summed E-state index contributed by atoms with van der Waals surface area (Å²) in [6, 6.07) is 4.62. The zero-order chi connectivity index (χ0) is 31.1. The molecule has 3 aromatic rings. The van der Waals surface area contributed by atoms with Gasteiger partial charge in [0.15, 0.2) is 17.3 Å². The van der Waals surface area contributed by atoms with Gasteiger partial charge in [-0.2, -0.15) is 10.2 Å². The fourth-order valence-electron chi connectivity index (χ4n) is 8.74. The smallest absolute Gasteiger partial charge is 0.219 e. The number of thiophene rings is 1. The van der Waals surface area contributed by atoms with E-state index in [0.29, 0.717) is 47.0 Å². The number of nitrogens with one attached hydrogen (secondary N) is 1. The molecule has 0 bridgehead atoms. The van der Waals surface area contributed by atoms with Crippen molar-refractivity contribution in [1.29, 1.82) is 5.26 Å². The summed E-state index contributed by atoms with van der Waals surface area (Å²) in [5, 5.41) is 19.1. The van der Waals surface area contributed by atoms with Crippen LogP contribution in [0.3, 0.4) is 0 Å². The molecule has 5 aliphatic rings. The van der Waals surface area contributed by atoms with Gasteiger partial charge in [0.1, 0.15) is 29.2 Å². The number of likely N-dealkylation sites (N-methyl/N-ethyl adjacent to an activating group) is 1. The summed E-state index contributed by atoms with van der Waals surface area (Å²) in [6.07, 6.45) is 7.11.